The summed E-state index contributed by atoms with van der Waals surface area (Å²) in [5.41, 5.74) is 0.703. The van der Waals surface area contributed by atoms with Gasteiger partial charge in [-0.25, -0.2) is 8.78 Å². The Morgan fingerprint density at radius 3 is 2.82 bits per heavy atom. The van der Waals surface area contributed by atoms with Crippen molar-refractivity contribution in [3.63, 3.8) is 0 Å². The molecule has 7 heteroatoms. The Morgan fingerprint density at radius 1 is 1.25 bits per heavy atom. The highest BCUT2D eigenvalue weighted by Gasteiger charge is 2.33. The minimum Gasteiger partial charge on any atom is -0.351 e. The van der Waals surface area contributed by atoms with Crippen molar-refractivity contribution in [3.8, 4) is 0 Å². The van der Waals surface area contributed by atoms with E-state index in [0.717, 1.165) is 38.3 Å². The largest absolute Gasteiger partial charge is 0.351 e. The van der Waals surface area contributed by atoms with Crippen LogP contribution < -0.4 is 10.6 Å². The number of hydrogen-bond acceptors (Lipinski definition) is 3. The molecule has 3 rings (SSSR count). The number of halogens is 2. The third-order valence-electron chi connectivity index (χ3n) is 5.79. The van der Waals surface area contributed by atoms with Gasteiger partial charge in [0.05, 0.1) is 5.92 Å². The number of piperidine rings is 2. The molecule has 3 unspecified atom stereocenters. The van der Waals surface area contributed by atoms with E-state index < -0.39 is 11.6 Å². The number of carbonyl (C=O) groups is 2. The molecule has 0 aliphatic carbocycles. The van der Waals surface area contributed by atoms with Crippen molar-refractivity contribution in [2.75, 3.05) is 26.2 Å². The summed E-state index contributed by atoms with van der Waals surface area (Å²) in [6.07, 6.45) is 3.64. The van der Waals surface area contributed by atoms with E-state index in [0.29, 0.717) is 31.6 Å². The quantitative estimate of drug-likeness (QED) is 0.808. The highest BCUT2D eigenvalue weighted by molar-refractivity contribution is 5.81. The Kier molecular flexibility index (Phi) is 6.99. The molecule has 2 N–H and O–H groups in total. The maximum absolute atomic E-state index is 13.7. The van der Waals surface area contributed by atoms with Gasteiger partial charge in [-0.15, -0.1) is 0 Å². The molecule has 1 aromatic carbocycles. The fourth-order valence-electron chi connectivity index (χ4n) is 4.24. The molecule has 0 radical (unpaired) electrons. The molecule has 0 bridgehead atoms. The van der Waals surface area contributed by atoms with Gasteiger partial charge >= 0.3 is 0 Å². The second-order valence-corrected chi connectivity index (χ2v) is 7.82. The Bertz CT molecular complexity index is 713. The van der Waals surface area contributed by atoms with Gasteiger partial charge in [-0.2, -0.15) is 0 Å². The summed E-state index contributed by atoms with van der Waals surface area (Å²) in [7, 11) is 0. The number of hydrogen-bond donors (Lipinski definition) is 2. The summed E-state index contributed by atoms with van der Waals surface area (Å²) in [4.78, 5) is 26.8. The predicted octanol–water partition coefficient (Wildman–Crippen LogP) is 2.57. The Balaban J connectivity index is 1.65. The van der Waals surface area contributed by atoms with Gasteiger partial charge in [0.15, 0.2) is 11.6 Å². The zero-order chi connectivity index (χ0) is 20.1. The average molecular weight is 393 g/mol. The monoisotopic (exact) mass is 393 g/mol. The fraction of sp³-hybridized carbons (Fsp3) is 0.619. The molecule has 0 aromatic heterocycles. The molecule has 1 aromatic rings. The Morgan fingerprint density at radius 2 is 2.07 bits per heavy atom. The van der Waals surface area contributed by atoms with Gasteiger partial charge in [0.1, 0.15) is 0 Å². The summed E-state index contributed by atoms with van der Waals surface area (Å²) >= 11 is 0. The molecular weight excluding hydrogens is 364 g/mol. The lowest BCUT2D eigenvalue weighted by Gasteiger charge is -2.36. The third-order valence-corrected chi connectivity index (χ3v) is 5.79. The van der Waals surface area contributed by atoms with E-state index in [2.05, 4.69) is 10.6 Å². The number of nitrogens with one attached hydrogen (secondary N) is 2. The molecule has 2 amide bonds. The molecular formula is C21H29F2N3O2. The van der Waals surface area contributed by atoms with Crippen molar-refractivity contribution >= 4 is 11.8 Å². The van der Waals surface area contributed by atoms with Crippen LogP contribution in [0.3, 0.4) is 0 Å². The normalized spacial score (nSPS) is 25.4. The van der Waals surface area contributed by atoms with E-state index in [4.69, 9.17) is 0 Å². The van der Waals surface area contributed by atoms with Crippen molar-refractivity contribution < 1.29 is 18.4 Å². The van der Waals surface area contributed by atoms with Crippen LogP contribution in [0.4, 0.5) is 8.78 Å². The van der Waals surface area contributed by atoms with E-state index in [1.165, 1.54) is 6.07 Å². The molecule has 2 heterocycles. The van der Waals surface area contributed by atoms with E-state index in [-0.39, 0.29) is 29.7 Å². The summed E-state index contributed by atoms with van der Waals surface area (Å²) < 4.78 is 27.0. The van der Waals surface area contributed by atoms with Gasteiger partial charge < -0.3 is 15.5 Å². The van der Waals surface area contributed by atoms with Gasteiger partial charge in [0, 0.05) is 38.0 Å². The standard InChI is InChI=1S/C21H29F2N3O2/c1-2-4-20(27)26-10-3-5-15(13-26)21(28)25-19-12-24-9-8-16(19)14-6-7-17(22)18(23)11-14/h6-7,11,15-16,19,24H,2-5,8-10,12-13H2,1H3,(H,25,28). The Labute approximate surface area is 164 Å². The number of nitrogens with zero attached hydrogens (tertiary/aromatic N) is 1. The van der Waals surface area contributed by atoms with Crippen LogP contribution in [-0.4, -0.2) is 48.9 Å². The topological polar surface area (TPSA) is 61.4 Å². The third kappa shape index (κ3) is 4.87. The minimum absolute atomic E-state index is 0.0599. The molecule has 2 saturated heterocycles. The van der Waals surface area contributed by atoms with Crippen LogP contribution in [0, 0.1) is 17.6 Å². The number of likely N-dealkylation sites (tertiary alicyclic amines) is 1. The van der Waals surface area contributed by atoms with E-state index in [1.54, 1.807) is 11.0 Å². The molecule has 2 fully saturated rings. The molecule has 3 atom stereocenters. The molecule has 154 valence electrons. The van der Waals surface area contributed by atoms with E-state index in [1.807, 2.05) is 6.92 Å². The van der Waals surface area contributed by atoms with Crippen molar-refractivity contribution in [1.29, 1.82) is 0 Å². The minimum atomic E-state index is -0.864. The first-order valence-electron chi connectivity index (χ1n) is 10.2. The van der Waals surface area contributed by atoms with Crippen LogP contribution in [0.15, 0.2) is 18.2 Å². The first-order chi connectivity index (χ1) is 13.5. The van der Waals surface area contributed by atoms with Crippen LogP contribution in [-0.2, 0) is 9.59 Å². The lowest BCUT2D eigenvalue weighted by Crippen LogP contribution is -2.53. The van der Waals surface area contributed by atoms with Crippen LogP contribution in [0.5, 0.6) is 0 Å². The van der Waals surface area contributed by atoms with Crippen LogP contribution in [0.1, 0.15) is 50.5 Å². The second-order valence-electron chi connectivity index (χ2n) is 7.82. The zero-order valence-corrected chi connectivity index (χ0v) is 16.3. The van der Waals surface area contributed by atoms with Gasteiger partial charge in [-0.1, -0.05) is 13.0 Å². The zero-order valence-electron chi connectivity index (χ0n) is 16.3. The average Bonchev–Trinajstić information content (AvgIpc) is 2.71. The van der Waals surface area contributed by atoms with Crippen molar-refractivity contribution in [3.05, 3.63) is 35.4 Å². The van der Waals surface area contributed by atoms with Crippen molar-refractivity contribution in [2.45, 2.75) is 51.0 Å². The lowest BCUT2D eigenvalue weighted by atomic mass is 9.85. The Hall–Kier alpha value is -2.02. The highest BCUT2D eigenvalue weighted by atomic mass is 19.2. The molecule has 5 nitrogen and oxygen atoms in total. The molecule has 0 saturated carbocycles. The molecule has 0 spiro atoms. The van der Waals surface area contributed by atoms with E-state index in [9.17, 15) is 18.4 Å². The fourth-order valence-corrected chi connectivity index (χ4v) is 4.24. The number of benzene rings is 1. The van der Waals surface area contributed by atoms with Crippen molar-refractivity contribution in [2.24, 2.45) is 5.92 Å². The summed E-state index contributed by atoms with van der Waals surface area (Å²) in [6.45, 7) is 4.49. The van der Waals surface area contributed by atoms with Crippen LogP contribution in [0.2, 0.25) is 0 Å². The number of rotatable bonds is 5. The van der Waals surface area contributed by atoms with Crippen LogP contribution in [0.25, 0.3) is 0 Å². The van der Waals surface area contributed by atoms with Gasteiger partial charge in [0.2, 0.25) is 11.8 Å². The SMILES string of the molecule is CCCC(=O)N1CCCC(C(=O)NC2CNCCC2c2ccc(F)c(F)c2)C1. The first-order valence-corrected chi connectivity index (χ1v) is 10.2. The summed E-state index contributed by atoms with van der Waals surface area (Å²) in [5, 5.41) is 6.37. The smallest absolute Gasteiger partial charge is 0.225 e. The van der Waals surface area contributed by atoms with Gasteiger partial charge in [-0.05, 0) is 49.9 Å². The summed E-state index contributed by atoms with van der Waals surface area (Å²) in [6, 6.07) is 3.78. The predicted molar refractivity (Wildman–Crippen MR) is 103 cm³/mol. The molecule has 2 aliphatic heterocycles. The number of carbonyl (C=O) groups excluding carboxylic acids is 2. The van der Waals surface area contributed by atoms with Crippen molar-refractivity contribution in [1.82, 2.24) is 15.5 Å². The molecule has 28 heavy (non-hydrogen) atoms. The highest BCUT2D eigenvalue weighted by Crippen LogP contribution is 2.28. The second kappa shape index (κ2) is 9.45. The summed E-state index contributed by atoms with van der Waals surface area (Å²) in [5.74, 6) is -1.96. The maximum Gasteiger partial charge on any atom is 0.225 e. The number of amides is 2. The molecule has 2 aliphatic rings. The van der Waals surface area contributed by atoms with E-state index >= 15 is 0 Å². The lowest BCUT2D eigenvalue weighted by molar-refractivity contribution is -0.136. The first kappa shape index (κ1) is 20.7. The van der Waals surface area contributed by atoms with Gasteiger partial charge in [0.25, 0.3) is 0 Å². The van der Waals surface area contributed by atoms with Gasteiger partial charge in [-0.3, -0.25) is 9.59 Å². The maximum atomic E-state index is 13.7. The van der Waals surface area contributed by atoms with Crippen LogP contribution >= 0.6 is 0 Å².